The van der Waals surface area contributed by atoms with Crippen molar-refractivity contribution in [2.45, 2.75) is 44.4 Å². The molecule has 12 heteroatoms. The molecule has 2 aliphatic rings. The highest BCUT2D eigenvalue weighted by atomic mass is 32.2. The van der Waals surface area contributed by atoms with Crippen molar-refractivity contribution in [2.24, 2.45) is 11.1 Å². The van der Waals surface area contributed by atoms with E-state index in [1.165, 1.54) is 12.1 Å². The number of hydrogen-bond acceptors (Lipinski definition) is 7. The summed E-state index contributed by atoms with van der Waals surface area (Å²) < 4.78 is 35.5. The predicted molar refractivity (Wildman–Crippen MR) is 143 cm³/mol. The number of ether oxygens (including phenoxy) is 2. The summed E-state index contributed by atoms with van der Waals surface area (Å²) in [5.74, 6) is 1.11. The molecule has 1 saturated heterocycles. The summed E-state index contributed by atoms with van der Waals surface area (Å²) in [5, 5.41) is 12.7. The number of anilines is 1. The molecule has 39 heavy (non-hydrogen) atoms. The van der Waals surface area contributed by atoms with Crippen LogP contribution in [0.4, 0.5) is 5.69 Å². The van der Waals surface area contributed by atoms with E-state index in [-0.39, 0.29) is 29.4 Å². The first-order chi connectivity index (χ1) is 18.6. The minimum Gasteiger partial charge on any atom is -0.454 e. The first-order valence-electron chi connectivity index (χ1n) is 12.8. The number of piperidine rings is 1. The van der Waals surface area contributed by atoms with Gasteiger partial charge in [0.25, 0.3) is 0 Å². The van der Waals surface area contributed by atoms with Crippen molar-refractivity contribution in [3.8, 4) is 17.2 Å². The van der Waals surface area contributed by atoms with Crippen LogP contribution in [0, 0.1) is 19.8 Å². The molecule has 0 bridgehead atoms. The Balaban J connectivity index is 1.14. The van der Waals surface area contributed by atoms with Gasteiger partial charge in [-0.1, -0.05) is 0 Å². The molecule has 2 amide bonds. The van der Waals surface area contributed by atoms with E-state index in [4.69, 9.17) is 14.6 Å². The summed E-state index contributed by atoms with van der Waals surface area (Å²) in [6, 6.07) is 11.5. The second kappa shape index (κ2) is 10.7. The Morgan fingerprint density at radius 1 is 1.05 bits per heavy atom. The van der Waals surface area contributed by atoms with E-state index >= 15 is 0 Å². The van der Waals surface area contributed by atoms with Crippen LogP contribution in [0.25, 0.3) is 5.69 Å². The molecule has 3 aromatic rings. The summed E-state index contributed by atoms with van der Waals surface area (Å²) in [6.07, 6.45) is 2.08. The number of sulfonamides is 1. The number of nitrogens with one attached hydrogen (secondary N) is 1. The number of amides is 2. The van der Waals surface area contributed by atoms with Gasteiger partial charge in [0.15, 0.2) is 11.5 Å². The number of benzene rings is 2. The Morgan fingerprint density at radius 2 is 1.74 bits per heavy atom. The number of likely N-dealkylation sites (tertiary alicyclic amines) is 1. The smallest absolute Gasteiger partial charge is 0.238 e. The summed E-state index contributed by atoms with van der Waals surface area (Å²) in [5.41, 5.74) is 4.06. The van der Waals surface area contributed by atoms with Gasteiger partial charge in [0.05, 0.1) is 16.3 Å². The molecular formula is C27H31N5O6S. The highest BCUT2D eigenvalue weighted by Crippen LogP contribution is 2.34. The fourth-order valence-electron chi connectivity index (χ4n) is 5.06. The molecule has 0 saturated carbocycles. The summed E-state index contributed by atoms with van der Waals surface area (Å²) in [4.78, 5) is 27.6. The zero-order valence-corrected chi connectivity index (χ0v) is 22.7. The van der Waals surface area contributed by atoms with Crippen LogP contribution in [0.2, 0.25) is 0 Å². The van der Waals surface area contributed by atoms with E-state index < -0.39 is 10.0 Å². The molecule has 0 atom stereocenters. The summed E-state index contributed by atoms with van der Waals surface area (Å²) in [7, 11) is -3.77. The maximum absolute atomic E-state index is 13.0. The molecule has 1 aromatic heterocycles. The summed E-state index contributed by atoms with van der Waals surface area (Å²) >= 11 is 0. The Bertz CT molecular complexity index is 1510. The second-order valence-corrected chi connectivity index (χ2v) is 11.4. The number of aromatic nitrogens is 2. The SMILES string of the molecule is Cc1nn(-c2ccc(S(N)(=O)=O)cc2)c(C)c1CCC(=O)N1CCC(C(=O)Nc2ccc3c(c2)OCO3)CC1. The largest absolute Gasteiger partial charge is 0.454 e. The molecule has 0 spiro atoms. The topological polar surface area (TPSA) is 146 Å². The zero-order valence-electron chi connectivity index (χ0n) is 21.8. The molecule has 3 heterocycles. The van der Waals surface area contributed by atoms with Gasteiger partial charge in [-0.05, 0) is 75.1 Å². The fourth-order valence-corrected chi connectivity index (χ4v) is 5.58. The quantitative estimate of drug-likeness (QED) is 0.457. The third kappa shape index (κ3) is 5.76. The van der Waals surface area contributed by atoms with Gasteiger partial charge in [0.1, 0.15) is 0 Å². The van der Waals surface area contributed by atoms with Gasteiger partial charge in [0, 0.05) is 42.9 Å². The predicted octanol–water partition coefficient (Wildman–Crippen LogP) is 2.68. The van der Waals surface area contributed by atoms with Crippen molar-refractivity contribution >= 4 is 27.5 Å². The van der Waals surface area contributed by atoms with Crippen LogP contribution in [0.3, 0.4) is 0 Å². The van der Waals surface area contributed by atoms with Gasteiger partial charge in [-0.2, -0.15) is 5.10 Å². The molecule has 2 aliphatic heterocycles. The third-order valence-corrected chi connectivity index (χ3v) is 8.23. The van der Waals surface area contributed by atoms with Gasteiger partial charge >= 0.3 is 0 Å². The van der Waals surface area contributed by atoms with Crippen LogP contribution in [0.1, 0.15) is 36.2 Å². The fraction of sp³-hybridized carbons (Fsp3) is 0.370. The normalized spacial score (nSPS) is 15.4. The number of fused-ring (bicyclic) bond motifs is 1. The van der Waals surface area contributed by atoms with E-state index in [0.717, 1.165) is 17.0 Å². The molecular weight excluding hydrogens is 522 g/mol. The highest BCUT2D eigenvalue weighted by Gasteiger charge is 2.28. The lowest BCUT2D eigenvalue weighted by atomic mass is 9.95. The summed E-state index contributed by atoms with van der Waals surface area (Å²) in [6.45, 7) is 5.07. The average molecular weight is 554 g/mol. The van der Waals surface area contributed by atoms with Crippen molar-refractivity contribution in [3.63, 3.8) is 0 Å². The number of rotatable bonds is 7. The van der Waals surface area contributed by atoms with Gasteiger partial charge in [0.2, 0.25) is 28.6 Å². The molecule has 3 N–H and O–H groups in total. The number of hydrogen-bond donors (Lipinski definition) is 2. The Labute approximate surface area is 226 Å². The van der Waals surface area contributed by atoms with Crippen LogP contribution in [0.5, 0.6) is 11.5 Å². The molecule has 0 aliphatic carbocycles. The number of aryl methyl sites for hydroxylation is 1. The number of nitrogens with two attached hydrogens (primary N) is 1. The lowest BCUT2D eigenvalue weighted by molar-refractivity contribution is -0.134. The Hall–Kier alpha value is -3.90. The highest BCUT2D eigenvalue weighted by molar-refractivity contribution is 7.89. The third-order valence-electron chi connectivity index (χ3n) is 7.30. The lowest BCUT2D eigenvalue weighted by Crippen LogP contribution is -2.41. The van der Waals surface area contributed by atoms with Crippen LogP contribution < -0.4 is 19.9 Å². The van der Waals surface area contributed by atoms with E-state index in [1.807, 2.05) is 18.7 Å². The van der Waals surface area contributed by atoms with Crippen LogP contribution in [-0.4, -0.2) is 54.8 Å². The minimum absolute atomic E-state index is 0.0350. The monoisotopic (exact) mass is 553 g/mol. The van der Waals surface area contributed by atoms with Crippen molar-refractivity contribution in [1.29, 1.82) is 0 Å². The molecule has 0 radical (unpaired) electrons. The molecule has 0 unspecified atom stereocenters. The Kier molecular flexibility index (Phi) is 7.32. The number of carbonyl (C=O) groups is 2. The van der Waals surface area contributed by atoms with E-state index in [0.29, 0.717) is 61.6 Å². The van der Waals surface area contributed by atoms with Crippen molar-refractivity contribution in [2.75, 3.05) is 25.2 Å². The van der Waals surface area contributed by atoms with Gasteiger partial charge < -0.3 is 19.7 Å². The standard InChI is InChI=1S/C27H31N5O6S/c1-17-23(18(2)32(30-17)21-4-6-22(7-5-21)39(28,35)36)8-10-26(33)31-13-11-19(12-14-31)27(34)29-20-3-9-24-25(15-20)38-16-37-24/h3-7,9,15,19H,8,10-14,16H2,1-2H3,(H,29,34)(H2,28,35,36). The maximum Gasteiger partial charge on any atom is 0.238 e. The first-order valence-corrected chi connectivity index (χ1v) is 14.3. The van der Waals surface area contributed by atoms with E-state index in [2.05, 4.69) is 10.4 Å². The van der Waals surface area contributed by atoms with Gasteiger partial charge in [-0.15, -0.1) is 0 Å². The molecule has 11 nitrogen and oxygen atoms in total. The average Bonchev–Trinajstić information content (AvgIpc) is 3.50. The lowest BCUT2D eigenvalue weighted by Gasteiger charge is -2.31. The van der Waals surface area contributed by atoms with Crippen molar-refractivity contribution < 1.29 is 27.5 Å². The number of nitrogens with zero attached hydrogens (tertiary/aromatic N) is 3. The Morgan fingerprint density at radius 3 is 2.44 bits per heavy atom. The van der Waals surface area contributed by atoms with Crippen LogP contribution in [-0.2, 0) is 26.0 Å². The molecule has 2 aromatic carbocycles. The molecule has 1 fully saturated rings. The maximum atomic E-state index is 13.0. The number of carbonyl (C=O) groups excluding carboxylic acids is 2. The van der Waals surface area contributed by atoms with Gasteiger partial charge in [-0.25, -0.2) is 18.2 Å². The molecule has 5 rings (SSSR count). The zero-order chi connectivity index (χ0) is 27.7. The molecule has 206 valence electrons. The second-order valence-electron chi connectivity index (χ2n) is 9.81. The first kappa shape index (κ1) is 26.7. The minimum atomic E-state index is -3.77. The van der Waals surface area contributed by atoms with E-state index in [1.54, 1.807) is 35.0 Å². The van der Waals surface area contributed by atoms with E-state index in [9.17, 15) is 18.0 Å². The van der Waals surface area contributed by atoms with Crippen LogP contribution in [0.15, 0.2) is 47.4 Å². The van der Waals surface area contributed by atoms with Crippen molar-refractivity contribution in [3.05, 3.63) is 59.4 Å². The van der Waals surface area contributed by atoms with Crippen molar-refractivity contribution in [1.82, 2.24) is 14.7 Å². The van der Waals surface area contributed by atoms with Gasteiger partial charge in [-0.3, -0.25) is 9.59 Å². The number of primary sulfonamides is 1. The van der Waals surface area contributed by atoms with Crippen LogP contribution >= 0.6 is 0 Å².